The number of nitrogens with one attached hydrogen (secondary N) is 2. The molecule has 0 atom stereocenters. The van der Waals surface area contributed by atoms with Crippen LogP contribution in [0.15, 0.2) is 88.4 Å². The summed E-state index contributed by atoms with van der Waals surface area (Å²) in [7, 11) is 0. The fourth-order valence-electron chi connectivity index (χ4n) is 3.30. The number of amides is 2. The van der Waals surface area contributed by atoms with Crippen molar-refractivity contribution in [3.63, 3.8) is 0 Å². The van der Waals surface area contributed by atoms with Gasteiger partial charge in [-0.2, -0.15) is 5.10 Å². The lowest BCUT2D eigenvalue weighted by molar-refractivity contribution is -0.120. The molecule has 0 radical (unpaired) electrons. The van der Waals surface area contributed by atoms with Gasteiger partial charge >= 0.3 is 0 Å². The monoisotopic (exact) mass is 459 g/mol. The molecule has 0 aliphatic rings. The third-order valence-corrected chi connectivity index (χ3v) is 5.42. The van der Waals surface area contributed by atoms with Crippen LogP contribution in [0.1, 0.15) is 15.9 Å². The van der Waals surface area contributed by atoms with Crippen LogP contribution < -0.4 is 10.7 Å². The fourth-order valence-corrected chi connectivity index (χ4v) is 3.76. The van der Waals surface area contributed by atoms with Crippen LogP contribution in [0.2, 0.25) is 0 Å². The molecule has 4 aromatic rings. The van der Waals surface area contributed by atoms with Gasteiger partial charge in [0.05, 0.1) is 18.3 Å². The van der Waals surface area contributed by atoms with Gasteiger partial charge in [-0.15, -0.1) is 0 Å². The van der Waals surface area contributed by atoms with Crippen LogP contribution in [-0.4, -0.2) is 24.6 Å². The number of carbonyl (C=O) groups is 2. The van der Waals surface area contributed by atoms with Crippen molar-refractivity contribution in [3.05, 3.63) is 94.5 Å². The van der Waals surface area contributed by atoms with E-state index in [0.717, 1.165) is 27.1 Å². The van der Waals surface area contributed by atoms with Gasteiger partial charge in [0.15, 0.2) is 0 Å². The number of halogens is 1. The molecule has 2 N–H and O–H groups in total. The second-order valence-electron chi connectivity index (χ2n) is 6.69. The van der Waals surface area contributed by atoms with E-state index < -0.39 is 5.91 Å². The average Bonchev–Trinajstić information content (AvgIpc) is 2.77. The molecule has 0 fully saturated rings. The topological polar surface area (TPSA) is 70.6 Å². The first-order valence-corrected chi connectivity index (χ1v) is 10.2. The number of carbonyl (C=O) groups excluding carboxylic acids is 2. The lowest BCUT2D eigenvalue weighted by atomic mass is 9.97. The SMILES string of the molecule is O=C(CNC(=O)c1ccccc1Br)N/N=C/c1c2ccccc2cc2ccccc12. The number of nitrogens with zero attached hydrogens (tertiary/aromatic N) is 1. The van der Waals surface area contributed by atoms with Crippen molar-refractivity contribution in [3.8, 4) is 0 Å². The van der Waals surface area contributed by atoms with Crippen molar-refractivity contribution in [2.45, 2.75) is 0 Å². The summed E-state index contributed by atoms with van der Waals surface area (Å²) in [6.45, 7) is -0.173. The molecule has 0 unspecified atom stereocenters. The van der Waals surface area contributed by atoms with Crippen LogP contribution in [0.5, 0.6) is 0 Å². The van der Waals surface area contributed by atoms with Crippen molar-refractivity contribution in [1.82, 2.24) is 10.7 Å². The molecule has 148 valence electrons. The second kappa shape index (κ2) is 8.88. The van der Waals surface area contributed by atoms with E-state index in [-0.39, 0.29) is 12.5 Å². The Morgan fingerprint density at radius 3 is 2.13 bits per heavy atom. The van der Waals surface area contributed by atoms with Crippen LogP contribution in [0.3, 0.4) is 0 Å². The van der Waals surface area contributed by atoms with E-state index >= 15 is 0 Å². The molecule has 0 bridgehead atoms. The van der Waals surface area contributed by atoms with Gasteiger partial charge in [-0.3, -0.25) is 9.59 Å². The van der Waals surface area contributed by atoms with Crippen LogP contribution >= 0.6 is 15.9 Å². The normalized spacial score (nSPS) is 11.1. The Labute approximate surface area is 181 Å². The van der Waals surface area contributed by atoms with Crippen LogP contribution in [0.25, 0.3) is 21.5 Å². The minimum atomic E-state index is -0.406. The van der Waals surface area contributed by atoms with E-state index in [1.54, 1.807) is 24.4 Å². The van der Waals surface area contributed by atoms with E-state index in [9.17, 15) is 9.59 Å². The maximum absolute atomic E-state index is 12.2. The molecule has 0 aliphatic carbocycles. The Morgan fingerprint density at radius 1 is 0.867 bits per heavy atom. The molecule has 6 heteroatoms. The third-order valence-electron chi connectivity index (χ3n) is 4.72. The highest BCUT2D eigenvalue weighted by Crippen LogP contribution is 2.27. The third kappa shape index (κ3) is 4.23. The quantitative estimate of drug-likeness (QED) is 0.259. The van der Waals surface area contributed by atoms with Gasteiger partial charge in [0.2, 0.25) is 0 Å². The molecule has 0 heterocycles. The summed E-state index contributed by atoms with van der Waals surface area (Å²) in [6, 6.07) is 25.3. The maximum atomic E-state index is 12.2. The summed E-state index contributed by atoms with van der Waals surface area (Å²) >= 11 is 3.33. The Morgan fingerprint density at radius 2 is 1.47 bits per heavy atom. The van der Waals surface area contributed by atoms with Gasteiger partial charge in [0, 0.05) is 10.0 Å². The summed E-state index contributed by atoms with van der Waals surface area (Å²) < 4.78 is 0.670. The van der Waals surface area contributed by atoms with E-state index in [1.807, 2.05) is 42.5 Å². The average molecular weight is 460 g/mol. The summed E-state index contributed by atoms with van der Waals surface area (Å²) in [6.07, 6.45) is 1.65. The maximum Gasteiger partial charge on any atom is 0.259 e. The van der Waals surface area contributed by atoms with Gasteiger partial charge in [0.1, 0.15) is 0 Å². The number of fused-ring (bicyclic) bond motifs is 2. The van der Waals surface area contributed by atoms with Crippen molar-refractivity contribution < 1.29 is 9.59 Å². The molecule has 30 heavy (non-hydrogen) atoms. The lowest BCUT2D eigenvalue weighted by Crippen LogP contribution is -2.35. The number of rotatable bonds is 5. The molecule has 0 saturated heterocycles. The Balaban J connectivity index is 1.48. The van der Waals surface area contributed by atoms with Crippen molar-refractivity contribution in [2.24, 2.45) is 5.10 Å². The zero-order valence-electron chi connectivity index (χ0n) is 15.9. The Hall–Kier alpha value is -3.51. The predicted octanol–water partition coefficient (Wildman–Crippen LogP) is 4.64. The number of benzene rings is 4. The minimum Gasteiger partial charge on any atom is -0.343 e. The van der Waals surface area contributed by atoms with E-state index in [0.29, 0.717) is 10.0 Å². The second-order valence-corrected chi connectivity index (χ2v) is 7.54. The van der Waals surface area contributed by atoms with E-state index in [1.165, 1.54) is 0 Å². The van der Waals surface area contributed by atoms with Crippen LogP contribution in [0.4, 0.5) is 0 Å². The molecule has 4 aromatic carbocycles. The first kappa shape index (κ1) is 19.8. The highest BCUT2D eigenvalue weighted by atomic mass is 79.9. The molecular weight excluding hydrogens is 442 g/mol. The molecule has 0 spiro atoms. The zero-order valence-corrected chi connectivity index (χ0v) is 17.5. The molecular formula is C24H18BrN3O2. The standard InChI is InChI=1S/C24H18BrN3O2/c25-22-12-6-5-11-20(22)24(30)26-15-23(29)28-27-14-21-18-9-3-1-7-16(18)13-17-8-2-4-10-19(17)21/h1-14H,15H2,(H,26,30)(H,28,29)/b27-14+. The number of hydrogen-bond donors (Lipinski definition) is 2. The molecule has 0 aromatic heterocycles. The highest BCUT2D eigenvalue weighted by molar-refractivity contribution is 9.10. The molecule has 5 nitrogen and oxygen atoms in total. The summed E-state index contributed by atoms with van der Waals surface area (Å²) in [5.41, 5.74) is 3.89. The summed E-state index contributed by atoms with van der Waals surface area (Å²) in [4.78, 5) is 24.3. The Bertz CT molecular complexity index is 1230. The first-order chi connectivity index (χ1) is 14.6. The van der Waals surface area contributed by atoms with E-state index in [4.69, 9.17) is 0 Å². The fraction of sp³-hybridized carbons (Fsp3) is 0.0417. The van der Waals surface area contributed by atoms with Crippen molar-refractivity contribution >= 4 is 55.5 Å². The minimum absolute atomic E-state index is 0.173. The van der Waals surface area contributed by atoms with Crippen molar-refractivity contribution in [1.29, 1.82) is 0 Å². The van der Waals surface area contributed by atoms with Gasteiger partial charge in [-0.05, 0) is 55.7 Å². The van der Waals surface area contributed by atoms with E-state index in [2.05, 4.69) is 50.0 Å². The van der Waals surface area contributed by atoms with Gasteiger partial charge in [0.25, 0.3) is 11.8 Å². The highest BCUT2D eigenvalue weighted by Gasteiger charge is 2.10. The molecule has 0 aliphatic heterocycles. The summed E-state index contributed by atoms with van der Waals surface area (Å²) in [5, 5.41) is 11.0. The van der Waals surface area contributed by atoms with Crippen molar-refractivity contribution in [2.75, 3.05) is 6.54 Å². The van der Waals surface area contributed by atoms with Gasteiger partial charge < -0.3 is 5.32 Å². The van der Waals surface area contributed by atoms with Gasteiger partial charge in [-0.25, -0.2) is 5.43 Å². The smallest absolute Gasteiger partial charge is 0.259 e. The van der Waals surface area contributed by atoms with Crippen LogP contribution in [0, 0.1) is 0 Å². The first-order valence-electron chi connectivity index (χ1n) is 9.38. The molecule has 4 rings (SSSR count). The van der Waals surface area contributed by atoms with Crippen LogP contribution in [-0.2, 0) is 4.79 Å². The number of hydrogen-bond acceptors (Lipinski definition) is 3. The van der Waals surface area contributed by atoms with Gasteiger partial charge in [-0.1, -0.05) is 60.7 Å². The zero-order chi connectivity index (χ0) is 20.9. The molecule has 2 amide bonds. The summed E-state index contributed by atoms with van der Waals surface area (Å²) in [5.74, 6) is -0.738. The molecule has 0 saturated carbocycles. The number of hydrazone groups is 1. The lowest BCUT2D eigenvalue weighted by Gasteiger charge is -2.08. The Kier molecular flexibility index (Phi) is 5.86. The predicted molar refractivity (Wildman–Crippen MR) is 124 cm³/mol. The largest absolute Gasteiger partial charge is 0.343 e.